The first-order valence-corrected chi connectivity index (χ1v) is 11.5. The fourth-order valence-electron chi connectivity index (χ4n) is 5.10. The Morgan fingerprint density at radius 3 is 2.73 bits per heavy atom. The summed E-state index contributed by atoms with van der Waals surface area (Å²) < 4.78 is 15.8. The minimum Gasteiger partial charge on any atom is -0.333 e. The lowest BCUT2D eigenvalue weighted by molar-refractivity contribution is -0.136. The van der Waals surface area contributed by atoms with Crippen molar-refractivity contribution in [1.82, 2.24) is 19.6 Å². The van der Waals surface area contributed by atoms with Crippen LogP contribution in [0.3, 0.4) is 0 Å². The molecule has 1 aliphatic heterocycles. The van der Waals surface area contributed by atoms with E-state index < -0.39 is 0 Å². The van der Waals surface area contributed by atoms with Gasteiger partial charge < -0.3 is 4.90 Å². The van der Waals surface area contributed by atoms with Crippen molar-refractivity contribution >= 4 is 5.91 Å². The van der Waals surface area contributed by atoms with Gasteiger partial charge in [-0.05, 0) is 50.4 Å². The van der Waals surface area contributed by atoms with Crippen LogP contribution >= 0.6 is 0 Å². The van der Waals surface area contributed by atoms with Crippen molar-refractivity contribution in [2.24, 2.45) is 5.92 Å². The standard InChI is InChI=1S/C24H31FN4O/c1-2-27-13-12-23-21(15-27)22(26-29(23)20-9-5-8-18(25)14-20)16-28(19-10-11-19)24(30)17-6-3-4-7-17/h5,8-9,14,17,19H,2-4,6-7,10-13,15-16H2,1H3. The lowest BCUT2D eigenvalue weighted by Crippen LogP contribution is -2.37. The highest BCUT2D eigenvalue weighted by molar-refractivity contribution is 5.79. The molecule has 2 fully saturated rings. The van der Waals surface area contributed by atoms with E-state index in [9.17, 15) is 9.18 Å². The van der Waals surface area contributed by atoms with Gasteiger partial charge in [0.2, 0.25) is 5.91 Å². The van der Waals surface area contributed by atoms with Gasteiger partial charge >= 0.3 is 0 Å². The van der Waals surface area contributed by atoms with Crippen LogP contribution in [0.2, 0.25) is 0 Å². The number of hydrogen-bond donors (Lipinski definition) is 0. The first kappa shape index (κ1) is 19.7. The summed E-state index contributed by atoms with van der Waals surface area (Å²) >= 11 is 0. The normalized spacial score (nSPS) is 19.8. The second-order valence-electron chi connectivity index (χ2n) is 9.06. The molecule has 5 rings (SSSR count). The van der Waals surface area contributed by atoms with E-state index in [4.69, 9.17) is 5.10 Å². The first-order chi connectivity index (χ1) is 14.6. The molecule has 2 aromatic rings. The van der Waals surface area contributed by atoms with Gasteiger partial charge in [-0.25, -0.2) is 9.07 Å². The summed E-state index contributed by atoms with van der Waals surface area (Å²) in [7, 11) is 0. The fraction of sp³-hybridized carbons (Fsp3) is 0.583. The van der Waals surface area contributed by atoms with Crippen molar-refractivity contribution in [3.8, 4) is 5.69 Å². The van der Waals surface area contributed by atoms with E-state index >= 15 is 0 Å². The van der Waals surface area contributed by atoms with Crippen LogP contribution in [-0.2, 0) is 24.3 Å². The third-order valence-electron chi connectivity index (χ3n) is 7.01. The zero-order chi connectivity index (χ0) is 20.7. The monoisotopic (exact) mass is 410 g/mol. The Labute approximate surface area is 177 Å². The summed E-state index contributed by atoms with van der Waals surface area (Å²) in [6, 6.07) is 7.03. The zero-order valence-electron chi connectivity index (χ0n) is 17.8. The molecule has 0 bridgehead atoms. The van der Waals surface area contributed by atoms with Crippen LogP contribution in [0.15, 0.2) is 24.3 Å². The molecule has 1 aromatic heterocycles. The van der Waals surface area contributed by atoms with Crippen molar-refractivity contribution < 1.29 is 9.18 Å². The predicted octanol–water partition coefficient (Wildman–Crippen LogP) is 4.07. The topological polar surface area (TPSA) is 41.4 Å². The van der Waals surface area contributed by atoms with Gasteiger partial charge in [-0.15, -0.1) is 0 Å². The average Bonchev–Trinajstić information content (AvgIpc) is 3.32. The van der Waals surface area contributed by atoms with Crippen LogP contribution in [0.4, 0.5) is 4.39 Å². The van der Waals surface area contributed by atoms with Crippen LogP contribution in [0.1, 0.15) is 62.4 Å². The largest absolute Gasteiger partial charge is 0.333 e. The van der Waals surface area contributed by atoms with E-state index in [2.05, 4.69) is 16.7 Å². The maximum atomic E-state index is 13.9. The summed E-state index contributed by atoms with van der Waals surface area (Å²) in [4.78, 5) is 17.8. The number of rotatable bonds is 6. The number of fused-ring (bicyclic) bond motifs is 1. The molecule has 0 N–H and O–H groups in total. The van der Waals surface area contributed by atoms with Gasteiger partial charge in [0.25, 0.3) is 0 Å². The average molecular weight is 411 g/mol. The molecule has 5 nitrogen and oxygen atoms in total. The molecule has 0 saturated heterocycles. The number of likely N-dealkylation sites (N-methyl/N-ethyl adjacent to an activating group) is 1. The van der Waals surface area contributed by atoms with Gasteiger partial charge in [0.15, 0.2) is 0 Å². The third-order valence-corrected chi connectivity index (χ3v) is 7.01. The van der Waals surface area contributed by atoms with Crippen molar-refractivity contribution in [3.63, 3.8) is 0 Å². The molecule has 2 saturated carbocycles. The van der Waals surface area contributed by atoms with Gasteiger partial charge in [0, 0.05) is 37.0 Å². The fourth-order valence-corrected chi connectivity index (χ4v) is 5.10. The Bertz CT molecular complexity index is 929. The van der Waals surface area contributed by atoms with Crippen molar-refractivity contribution in [1.29, 1.82) is 0 Å². The SMILES string of the molecule is CCN1CCc2c(c(CN(C(=O)C3CCCC3)C3CC3)nn2-c2cccc(F)c2)C1. The van der Waals surface area contributed by atoms with Gasteiger partial charge in [-0.3, -0.25) is 9.69 Å². The second kappa shape index (κ2) is 8.14. The van der Waals surface area contributed by atoms with Gasteiger partial charge in [0.1, 0.15) is 5.82 Å². The van der Waals surface area contributed by atoms with Crippen LogP contribution in [0.5, 0.6) is 0 Å². The molecule has 0 spiro atoms. The molecule has 1 amide bonds. The quantitative estimate of drug-likeness (QED) is 0.721. The molecule has 160 valence electrons. The van der Waals surface area contributed by atoms with E-state index in [1.54, 1.807) is 12.1 Å². The molecular formula is C24H31FN4O. The molecule has 1 aromatic carbocycles. The number of nitrogens with zero attached hydrogens (tertiary/aromatic N) is 4. The Balaban J connectivity index is 1.49. The third kappa shape index (κ3) is 3.78. The summed E-state index contributed by atoms with van der Waals surface area (Å²) in [5, 5.41) is 4.96. The lowest BCUT2D eigenvalue weighted by Gasteiger charge is -2.28. The Morgan fingerprint density at radius 2 is 2.03 bits per heavy atom. The number of halogens is 1. The lowest BCUT2D eigenvalue weighted by atomic mass is 10.0. The molecule has 3 aliphatic rings. The van der Waals surface area contributed by atoms with E-state index in [0.29, 0.717) is 18.5 Å². The maximum Gasteiger partial charge on any atom is 0.226 e. The predicted molar refractivity (Wildman–Crippen MR) is 114 cm³/mol. The number of amides is 1. The number of carbonyl (C=O) groups excluding carboxylic acids is 1. The summed E-state index contributed by atoms with van der Waals surface area (Å²) in [5.74, 6) is 0.270. The number of benzene rings is 1. The van der Waals surface area contributed by atoms with E-state index in [1.807, 2.05) is 10.7 Å². The second-order valence-corrected chi connectivity index (χ2v) is 9.06. The highest BCUT2D eigenvalue weighted by atomic mass is 19.1. The highest BCUT2D eigenvalue weighted by Gasteiger charge is 2.38. The van der Waals surface area contributed by atoms with Crippen LogP contribution in [0.25, 0.3) is 5.69 Å². The Kier molecular flexibility index (Phi) is 5.35. The number of carbonyl (C=O) groups is 1. The summed E-state index contributed by atoms with van der Waals surface area (Å²) in [6.45, 7) is 5.60. The molecule has 0 atom stereocenters. The molecule has 2 heterocycles. The molecule has 2 aliphatic carbocycles. The van der Waals surface area contributed by atoms with Crippen molar-refractivity contribution in [2.45, 2.75) is 71.0 Å². The number of hydrogen-bond acceptors (Lipinski definition) is 3. The van der Waals surface area contributed by atoms with Crippen molar-refractivity contribution in [3.05, 3.63) is 47.0 Å². The first-order valence-electron chi connectivity index (χ1n) is 11.5. The molecule has 30 heavy (non-hydrogen) atoms. The summed E-state index contributed by atoms with van der Waals surface area (Å²) in [6.07, 6.45) is 7.50. The van der Waals surface area contributed by atoms with E-state index in [-0.39, 0.29) is 11.7 Å². The zero-order valence-corrected chi connectivity index (χ0v) is 17.8. The van der Waals surface area contributed by atoms with E-state index in [1.165, 1.54) is 30.2 Å². The molecule has 6 heteroatoms. The smallest absolute Gasteiger partial charge is 0.226 e. The van der Waals surface area contributed by atoms with Gasteiger partial charge in [-0.1, -0.05) is 25.8 Å². The number of aromatic nitrogens is 2. The Hall–Kier alpha value is -2.21. The van der Waals surface area contributed by atoms with Crippen molar-refractivity contribution in [2.75, 3.05) is 13.1 Å². The van der Waals surface area contributed by atoms with Gasteiger partial charge in [0.05, 0.1) is 23.6 Å². The minimum absolute atomic E-state index is 0.193. The van der Waals surface area contributed by atoms with E-state index in [0.717, 1.165) is 63.1 Å². The minimum atomic E-state index is -0.250. The molecular weight excluding hydrogens is 379 g/mol. The summed E-state index contributed by atoms with van der Waals surface area (Å²) in [5.41, 5.74) is 4.16. The Morgan fingerprint density at radius 1 is 1.23 bits per heavy atom. The van der Waals surface area contributed by atoms with Gasteiger partial charge in [-0.2, -0.15) is 5.10 Å². The van der Waals surface area contributed by atoms with Crippen LogP contribution in [0, 0.1) is 11.7 Å². The molecule has 0 radical (unpaired) electrons. The van der Waals surface area contributed by atoms with Crippen LogP contribution < -0.4 is 0 Å². The molecule has 0 unspecified atom stereocenters. The highest BCUT2D eigenvalue weighted by Crippen LogP contribution is 2.35. The maximum absolute atomic E-state index is 13.9. The van der Waals surface area contributed by atoms with Crippen LogP contribution in [-0.4, -0.2) is 44.6 Å².